The van der Waals surface area contributed by atoms with E-state index in [0.29, 0.717) is 18.4 Å². The second-order valence-corrected chi connectivity index (χ2v) is 4.96. The summed E-state index contributed by atoms with van der Waals surface area (Å²) < 4.78 is 20.7. The Morgan fingerprint density at radius 1 is 1.25 bits per heavy atom. The Morgan fingerprint density at radius 3 is 2.65 bits per heavy atom. The van der Waals surface area contributed by atoms with Gasteiger partial charge < -0.3 is 4.74 Å². The molecule has 0 radical (unpaired) electrons. The number of nitrogens with zero attached hydrogens (tertiary/aromatic N) is 2. The van der Waals surface area contributed by atoms with Crippen LogP contribution in [0.2, 0.25) is 0 Å². The summed E-state index contributed by atoms with van der Waals surface area (Å²) in [5.41, 5.74) is 1.69. The number of rotatable bonds is 6. The Morgan fingerprint density at radius 2 is 2.00 bits per heavy atom. The van der Waals surface area contributed by atoms with Gasteiger partial charge in [-0.15, -0.1) is 0 Å². The highest BCUT2D eigenvalue weighted by Crippen LogP contribution is 2.20. The Labute approximate surface area is 119 Å². The molecule has 0 fully saturated rings. The van der Waals surface area contributed by atoms with Crippen LogP contribution in [-0.4, -0.2) is 9.78 Å². The van der Waals surface area contributed by atoms with E-state index < -0.39 is 0 Å². The summed E-state index contributed by atoms with van der Waals surface area (Å²) in [6, 6.07) is 6.94. The summed E-state index contributed by atoms with van der Waals surface area (Å²) in [7, 11) is 0. The zero-order valence-corrected chi connectivity index (χ0v) is 12.3. The SMILES string of the molecule is CCC(CC)n1ccc(COc2ccc(F)cc2C)n1. The Hall–Kier alpha value is -1.84. The third kappa shape index (κ3) is 3.38. The Kier molecular flexibility index (Phi) is 4.77. The van der Waals surface area contributed by atoms with E-state index in [2.05, 4.69) is 18.9 Å². The van der Waals surface area contributed by atoms with Crippen LogP contribution in [0, 0.1) is 12.7 Å². The number of aryl methyl sites for hydroxylation is 1. The number of ether oxygens (including phenoxy) is 1. The van der Waals surface area contributed by atoms with Gasteiger partial charge in [-0.2, -0.15) is 5.10 Å². The number of aromatic nitrogens is 2. The highest BCUT2D eigenvalue weighted by atomic mass is 19.1. The van der Waals surface area contributed by atoms with Crippen LogP contribution in [0.1, 0.15) is 44.0 Å². The second-order valence-electron chi connectivity index (χ2n) is 4.96. The molecule has 2 rings (SSSR count). The molecule has 0 aliphatic heterocycles. The van der Waals surface area contributed by atoms with E-state index in [1.165, 1.54) is 12.1 Å². The van der Waals surface area contributed by atoms with E-state index in [1.807, 2.05) is 23.9 Å². The highest BCUT2D eigenvalue weighted by Gasteiger charge is 2.08. The van der Waals surface area contributed by atoms with Crippen molar-refractivity contribution in [2.24, 2.45) is 0 Å². The first-order valence-corrected chi connectivity index (χ1v) is 7.07. The van der Waals surface area contributed by atoms with Gasteiger partial charge in [-0.3, -0.25) is 4.68 Å². The summed E-state index contributed by atoms with van der Waals surface area (Å²) in [4.78, 5) is 0. The van der Waals surface area contributed by atoms with Gasteiger partial charge in [-0.05, 0) is 49.6 Å². The summed E-state index contributed by atoms with van der Waals surface area (Å²) in [5, 5.41) is 4.53. The van der Waals surface area contributed by atoms with Crippen molar-refractivity contribution in [3.63, 3.8) is 0 Å². The lowest BCUT2D eigenvalue weighted by Crippen LogP contribution is -2.08. The van der Waals surface area contributed by atoms with Crippen LogP contribution in [0.15, 0.2) is 30.5 Å². The largest absolute Gasteiger partial charge is 0.487 e. The number of halogens is 1. The van der Waals surface area contributed by atoms with E-state index in [-0.39, 0.29) is 5.82 Å². The molecule has 0 unspecified atom stereocenters. The van der Waals surface area contributed by atoms with Gasteiger partial charge in [0.05, 0.1) is 11.7 Å². The zero-order valence-electron chi connectivity index (χ0n) is 12.3. The molecule has 0 aliphatic rings. The average molecular weight is 276 g/mol. The number of hydrogen-bond acceptors (Lipinski definition) is 2. The molecular formula is C16H21FN2O. The van der Waals surface area contributed by atoms with Crippen LogP contribution < -0.4 is 4.74 Å². The molecule has 1 heterocycles. The zero-order chi connectivity index (χ0) is 14.5. The number of hydrogen-bond donors (Lipinski definition) is 0. The van der Waals surface area contributed by atoms with Crippen LogP contribution >= 0.6 is 0 Å². The van der Waals surface area contributed by atoms with Crippen LogP contribution in [0.5, 0.6) is 5.75 Å². The monoisotopic (exact) mass is 276 g/mol. The molecule has 0 aliphatic carbocycles. The molecule has 3 nitrogen and oxygen atoms in total. The van der Waals surface area contributed by atoms with Crippen molar-refractivity contribution in [1.29, 1.82) is 0 Å². The molecule has 0 bridgehead atoms. The molecule has 2 aromatic rings. The van der Waals surface area contributed by atoms with Crippen molar-refractivity contribution < 1.29 is 9.13 Å². The standard InChI is InChI=1S/C16H21FN2O/c1-4-15(5-2)19-9-8-14(18-19)11-20-16-7-6-13(17)10-12(16)3/h6-10,15H,4-5,11H2,1-3H3. The lowest BCUT2D eigenvalue weighted by molar-refractivity contribution is 0.294. The van der Waals surface area contributed by atoms with Crippen molar-refractivity contribution in [2.45, 2.75) is 46.3 Å². The van der Waals surface area contributed by atoms with Gasteiger partial charge >= 0.3 is 0 Å². The van der Waals surface area contributed by atoms with E-state index >= 15 is 0 Å². The summed E-state index contributed by atoms with van der Waals surface area (Å²) in [6.45, 7) is 6.56. The van der Waals surface area contributed by atoms with E-state index in [9.17, 15) is 4.39 Å². The third-order valence-corrected chi connectivity index (χ3v) is 3.49. The molecule has 0 spiro atoms. The normalized spacial score (nSPS) is 11.1. The molecule has 20 heavy (non-hydrogen) atoms. The Bertz CT molecular complexity index is 561. The lowest BCUT2D eigenvalue weighted by atomic mass is 10.2. The predicted octanol–water partition coefficient (Wildman–Crippen LogP) is 4.27. The fourth-order valence-corrected chi connectivity index (χ4v) is 2.25. The van der Waals surface area contributed by atoms with Crippen LogP contribution in [-0.2, 0) is 6.61 Å². The number of benzene rings is 1. The first-order chi connectivity index (χ1) is 9.63. The molecular weight excluding hydrogens is 255 g/mol. The third-order valence-electron chi connectivity index (χ3n) is 3.49. The van der Waals surface area contributed by atoms with Gasteiger partial charge in [-0.1, -0.05) is 13.8 Å². The van der Waals surface area contributed by atoms with Gasteiger partial charge in [0.15, 0.2) is 0 Å². The van der Waals surface area contributed by atoms with Crippen LogP contribution in [0.4, 0.5) is 4.39 Å². The maximum atomic E-state index is 13.0. The molecule has 0 atom stereocenters. The first-order valence-electron chi connectivity index (χ1n) is 7.07. The van der Waals surface area contributed by atoms with Gasteiger partial charge in [0.2, 0.25) is 0 Å². The summed E-state index contributed by atoms with van der Waals surface area (Å²) in [5.74, 6) is 0.455. The van der Waals surface area contributed by atoms with Crippen molar-refractivity contribution in [3.05, 3.63) is 47.5 Å². The fourth-order valence-electron chi connectivity index (χ4n) is 2.25. The molecule has 1 aromatic heterocycles. The van der Waals surface area contributed by atoms with E-state index in [1.54, 1.807) is 6.07 Å². The maximum absolute atomic E-state index is 13.0. The molecule has 108 valence electrons. The Balaban J connectivity index is 2.00. The van der Waals surface area contributed by atoms with Crippen molar-refractivity contribution in [2.75, 3.05) is 0 Å². The van der Waals surface area contributed by atoms with Gasteiger partial charge in [-0.25, -0.2) is 4.39 Å². The minimum atomic E-state index is -0.243. The van der Waals surface area contributed by atoms with Crippen molar-refractivity contribution in [3.8, 4) is 5.75 Å². The average Bonchev–Trinajstić information content (AvgIpc) is 2.88. The second kappa shape index (κ2) is 6.55. The van der Waals surface area contributed by atoms with E-state index in [0.717, 1.165) is 24.1 Å². The van der Waals surface area contributed by atoms with Gasteiger partial charge in [0.25, 0.3) is 0 Å². The van der Waals surface area contributed by atoms with Gasteiger partial charge in [0, 0.05) is 6.20 Å². The molecule has 4 heteroatoms. The lowest BCUT2D eigenvalue weighted by Gasteiger charge is -2.12. The predicted molar refractivity (Wildman–Crippen MR) is 77.3 cm³/mol. The summed E-state index contributed by atoms with van der Waals surface area (Å²) >= 11 is 0. The quantitative estimate of drug-likeness (QED) is 0.787. The highest BCUT2D eigenvalue weighted by molar-refractivity contribution is 5.32. The first kappa shape index (κ1) is 14.6. The minimum Gasteiger partial charge on any atom is -0.487 e. The molecule has 1 aromatic carbocycles. The van der Waals surface area contributed by atoms with E-state index in [4.69, 9.17) is 4.74 Å². The maximum Gasteiger partial charge on any atom is 0.132 e. The minimum absolute atomic E-state index is 0.243. The smallest absolute Gasteiger partial charge is 0.132 e. The molecule has 0 N–H and O–H groups in total. The topological polar surface area (TPSA) is 27.1 Å². The molecule has 0 saturated heterocycles. The molecule has 0 saturated carbocycles. The molecule has 0 amide bonds. The fraction of sp³-hybridized carbons (Fsp3) is 0.438. The van der Waals surface area contributed by atoms with Crippen LogP contribution in [0.3, 0.4) is 0 Å². The van der Waals surface area contributed by atoms with Gasteiger partial charge in [0.1, 0.15) is 18.2 Å². The van der Waals surface area contributed by atoms with Crippen molar-refractivity contribution in [1.82, 2.24) is 9.78 Å². The van der Waals surface area contributed by atoms with Crippen LogP contribution in [0.25, 0.3) is 0 Å². The van der Waals surface area contributed by atoms with Crippen molar-refractivity contribution >= 4 is 0 Å². The summed E-state index contributed by atoms with van der Waals surface area (Å²) in [6.07, 6.45) is 4.12.